The van der Waals surface area contributed by atoms with E-state index in [0.29, 0.717) is 18.7 Å². The Morgan fingerprint density at radius 3 is 2.54 bits per heavy atom. The van der Waals surface area contributed by atoms with Crippen LogP contribution in [0.5, 0.6) is 5.75 Å². The minimum Gasteiger partial charge on any atom is -0.497 e. The number of hydrogen-bond donors (Lipinski definition) is 1. The minimum absolute atomic E-state index is 0.197. The van der Waals surface area contributed by atoms with Crippen LogP contribution in [0.2, 0.25) is 0 Å². The summed E-state index contributed by atoms with van der Waals surface area (Å²) in [5, 5.41) is 2.85. The van der Waals surface area contributed by atoms with Crippen molar-refractivity contribution < 1.29 is 19.1 Å². The molecule has 2 amide bonds. The first-order chi connectivity index (χ1) is 12.7. The van der Waals surface area contributed by atoms with Crippen molar-refractivity contribution in [3.63, 3.8) is 0 Å². The zero-order valence-electron chi connectivity index (χ0n) is 14.7. The van der Waals surface area contributed by atoms with Gasteiger partial charge in [0.1, 0.15) is 18.4 Å². The van der Waals surface area contributed by atoms with Crippen molar-refractivity contribution in [3.05, 3.63) is 60.2 Å². The van der Waals surface area contributed by atoms with E-state index in [1.807, 2.05) is 30.3 Å². The van der Waals surface area contributed by atoms with Crippen LogP contribution in [0, 0.1) is 0 Å². The lowest BCUT2D eigenvalue weighted by Crippen LogP contribution is -2.43. The fraction of sp³-hybridized carbons (Fsp3) is 0.300. The number of likely N-dealkylation sites (tertiary alicyclic amines) is 1. The van der Waals surface area contributed by atoms with Crippen LogP contribution in [0.1, 0.15) is 18.4 Å². The molecular formula is C20H22N2O4. The largest absolute Gasteiger partial charge is 0.497 e. The Labute approximate surface area is 152 Å². The number of anilines is 1. The number of carbonyl (C=O) groups excluding carboxylic acids is 2. The highest BCUT2D eigenvalue weighted by molar-refractivity contribution is 5.96. The van der Waals surface area contributed by atoms with E-state index in [2.05, 4.69) is 5.32 Å². The highest BCUT2D eigenvalue weighted by atomic mass is 16.6. The Hall–Kier alpha value is -3.02. The topological polar surface area (TPSA) is 67.9 Å². The summed E-state index contributed by atoms with van der Waals surface area (Å²) >= 11 is 0. The molecule has 0 unspecified atom stereocenters. The molecule has 0 saturated carbocycles. The Morgan fingerprint density at radius 2 is 1.85 bits per heavy atom. The molecule has 3 rings (SSSR count). The van der Waals surface area contributed by atoms with Gasteiger partial charge in [-0.3, -0.25) is 9.69 Å². The summed E-state index contributed by atoms with van der Waals surface area (Å²) in [6.45, 7) is 0.720. The Morgan fingerprint density at radius 1 is 1.12 bits per heavy atom. The second-order valence-electron chi connectivity index (χ2n) is 6.11. The highest BCUT2D eigenvalue weighted by Gasteiger charge is 2.35. The maximum atomic E-state index is 12.6. The first-order valence-corrected chi connectivity index (χ1v) is 8.59. The molecule has 0 radical (unpaired) electrons. The van der Waals surface area contributed by atoms with Gasteiger partial charge >= 0.3 is 6.09 Å². The maximum absolute atomic E-state index is 12.6. The van der Waals surface area contributed by atoms with Gasteiger partial charge in [-0.25, -0.2) is 4.79 Å². The maximum Gasteiger partial charge on any atom is 0.410 e. The van der Waals surface area contributed by atoms with Crippen molar-refractivity contribution >= 4 is 17.7 Å². The standard InChI is InChI=1S/C20H22N2O4/c1-25-17-11-9-16(10-12-17)21-19(23)18-8-5-13-22(18)20(24)26-14-15-6-3-2-4-7-15/h2-4,6-7,9-12,18H,5,8,13-14H2,1H3,(H,21,23)/t18-/m0/s1. The number of hydrogen-bond acceptors (Lipinski definition) is 4. The molecule has 26 heavy (non-hydrogen) atoms. The molecular weight excluding hydrogens is 332 g/mol. The van der Waals surface area contributed by atoms with Crippen LogP contribution in [0.25, 0.3) is 0 Å². The molecule has 136 valence electrons. The van der Waals surface area contributed by atoms with Crippen LogP contribution in [0.4, 0.5) is 10.5 Å². The molecule has 1 heterocycles. The summed E-state index contributed by atoms with van der Waals surface area (Å²) < 4.78 is 10.5. The smallest absolute Gasteiger partial charge is 0.410 e. The van der Waals surface area contributed by atoms with E-state index in [1.54, 1.807) is 31.4 Å². The van der Waals surface area contributed by atoms with E-state index in [1.165, 1.54) is 4.90 Å². The van der Waals surface area contributed by atoms with Crippen molar-refractivity contribution in [1.82, 2.24) is 4.90 Å². The molecule has 6 nitrogen and oxygen atoms in total. The summed E-state index contributed by atoms with van der Waals surface area (Å²) in [6.07, 6.45) is 0.949. The van der Waals surface area contributed by atoms with E-state index in [-0.39, 0.29) is 12.5 Å². The molecule has 0 aliphatic carbocycles. The van der Waals surface area contributed by atoms with Crippen molar-refractivity contribution in [2.45, 2.75) is 25.5 Å². The Balaban J connectivity index is 1.57. The fourth-order valence-electron chi connectivity index (χ4n) is 2.96. The lowest BCUT2D eigenvalue weighted by Gasteiger charge is -2.23. The van der Waals surface area contributed by atoms with E-state index >= 15 is 0 Å². The normalized spacial score (nSPS) is 16.2. The molecule has 1 saturated heterocycles. The van der Waals surface area contributed by atoms with Crippen molar-refractivity contribution in [2.24, 2.45) is 0 Å². The summed E-state index contributed by atoms with van der Waals surface area (Å²) in [5.41, 5.74) is 1.58. The van der Waals surface area contributed by atoms with Gasteiger partial charge in [0.15, 0.2) is 0 Å². The van der Waals surface area contributed by atoms with E-state index in [9.17, 15) is 9.59 Å². The lowest BCUT2D eigenvalue weighted by molar-refractivity contribution is -0.120. The van der Waals surface area contributed by atoms with Crippen LogP contribution < -0.4 is 10.1 Å². The third-order valence-electron chi connectivity index (χ3n) is 4.35. The number of ether oxygens (including phenoxy) is 2. The monoisotopic (exact) mass is 354 g/mol. The number of rotatable bonds is 5. The molecule has 1 aliphatic heterocycles. The SMILES string of the molecule is COc1ccc(NC(=O)[C@@H]2CCCN2C(=O)OCc2ccccc2)cc1. The molecule has 1 fully saturated rings. The number of carbonyl (C=O) groups is 2. The highest BCUT2D eigenvalue weighted by Crippen LogP contribution is 2.21. The van der Waals surface area contributed by atoms with Gasteiger partial charge < -0.3 is 14.8 Å². The van der Waals surface area contributed by atoms with Crippen LogP contribution in [0.3, 0.4) is 0 Å². The van der Waals surface area contributed by atoms with Gasteiger partial charge in [0.25, 0.3) is 0 Å². The summed E-state index contributed by atoms with van der Waals surface area (Å²) in [7, 11) is 1.59. The zero-order chi connectivity index (χ0) is 18.4. The molecule has 2 aromatic rings. The van der Waals surface area contributed by atoms with Gasteiger partial charge in [0.05, 0.1) is 7.11 Å². The van der Waals surface area contributed by atoms with Gasteiger partial charge in [0, 0.05) is 12.2 Å². The molecule has 2 aromatic carbocycles. The van der Waals surface area contributed by atoms with Crippen LogP contribution in [-0.4, -0.2) is 36.6 Å². The van der Waals surface area contributed by atoms with Gasteiger partial charge in [-0.05, 0) is 42.7 Å². The average molecular weight is 354 g/mol. The zero-order valence-corrected chi connectivity index (χ0v) is 14.7. The first kappa shape index (κ1) is 17.8. The number of amides is 2. The van der Waals surface area contributed by atoms with Gasteiger partial charge in [-0.1, -0.05) is 30.3 Å². The van der Waals surface area contributed by atoms with Crippen molar-refractivity contribution in [2.75, 3.05) is 19.0 Å². The second-order valence-corrected chi connectivity index (χ2v) is 6.11. The predicted molar refractivity (Wildman–Crippen MR) is 98.0 cm³/mol. The van der Waals surface area contributed by atoms with E-state index in [0.717, 1.165) is 17.7 Å². The molecule has 1 atom stereocenters. The van der Waals surface area contributed by atoms with Gasteiger partial charge in [-0.2, -0.15) is 0 Å². The lowest BCUT2D eigenvalue weighted by atomic mass is 10.2. The number of methoxy groups -OCH3 is 1. The molecule has 6 heteroatoms. The summed E-state index contributed by atoms with van der Waals surface area (Å²) in [4.78, 5) is 26.4. The molecule has 0 aromatic heterocycles. The quantitative estimate of drug-likeness (QED) is 0.893. The second kappa shape index (κ2) is 8.38. The summed E-state index contributed by atoms with van der Waals surface area (Å²) in [5.74, 6) is 0.513. The predicted octanol–water partition coefficient (Wildman–Crippen LogP) is 3.43. The number of benzene rings is 2. The average Bonchev–Trinajstić information content (AvgIpc) is 3.17. The van der Waals surface area contributed by atoms with Gasteiger partial charge in [0.2, 0.25) is 5.91 Å². The molecule has 1 N–H and O–H groups in total. The third-order valence-corrected chi connectivity index (χ3v) is 4.35. The number of nitrogens with zero attached hydrogens (tertiary/aromatic N) is 1. The third kappa shape index (κ3) is 4.33. The van der Waals surface area contributed by atoms with Gasteiger partial charge in [-0.15, -0.1) is 0 Å². The Bertz CT molecular complexity index is 746. The minimum atomic E-state index is -0.514. The van der Waals surface area contributed by atoms with E-state index < -0.39 is 12.1 Å². The van der Waals surface area contributed by atoms with Crippen molar-refractivity contribution in [1.29, 1.82) is 0 Å². The molecule has 1 aliphatic rings. The fourth-order valence-corrected chi connectivity index (χ4v) is 2.96. The molecule has 0 bridgehead atoms. The number of nitrogens with one attached hydrogen (secondary N) is 1. The van der Waals surface area contributed by atoms with Crippen LogP contribution in [-0.2, 0) is 16.1 Å². The summed E-state index contributed by atoms with van der Waals surface area (Å²) in [6, 6.07) is 16.1. The van der Waals surface area contributed by atoms with Crippen LogP contribution >= 0.6 is 0 Å². The Kier molecular flexibility index (Phi) is 5.73. The van der Waals surface area contributed by atoms with Crippen molar-refractivity contribution in [3.8, 4) is 5.75 Å². The van der Waals surface area contributed by atoms with E-state index in [4.69, 9.17) is 9.47 Å². The first-order valence-electron chi connectivity index (χ1n) is 8.59. The molecule has 0 spiro atoms. The van der Waals surface area contributed by atoms with Crippen LogP contribution in [0.15, 0.2) is 54.6 Å².